The first-order valence-electron chi connectivity index (χ1n) is 12.4. The van der Waals surface area contributed by atoms with Crippen molar-refractivity contribution in [3.63, 3.8) is 0 Å². The molecular weight excluding hydrogens is 490 g/mol. The molecular formula is C27H31N5O6. The molecule has 1 fully saturated rings. The standard InChI is InChI=1S/C27H31N5O6/c1-4-18(2)24(34)30-21-16-20(25(35)37-3)10-11-22(21)32-23(33)12-13-27(32,17-29-31-28)14-15-38-26(36)19-8-6-5-7-9-19/h5-11,16,18H,4,12-15,17H2,1-3H3,(H,30,34). The first-order chi connectivity index (χ1) is 18.3. The Balaban J connectivity index is 1.98. The molecule has 0 bridgehead atoms. The van der Waals surface area contributed by atoms with Crippen molar-refractivity contribution in [1.29, 1.82) is 0 Å². The van der Waals surface area contributed by atoms with Gasteiger partial charge in [0.05, 0.1) is 41.8 Å². The van der Waals surface area contributed by atoms with E-state index in [0.717, 1.165) is 0 Å². The van der Waals surface area contributed by atoms with Crippen LogP contribution in [0.4, 0.5) is 11.4 Å². The predicted octanol–water partition coefficient (Wildman–Crippen LogP) is 4.88. The minimum atomic E-state index is -1.01. The SMILES string of the molecule is CCC(C)C(=O)Nc1cc(C(=O)OC)ccc1N1C(=O)CCC1(CCOC(=O)c1ccccc1)CN=[N+]=[N-]. The molecule has 0 spiro atoms. The van der Waals surface area contributed by atoms with Crippen molar-refractivity contribution in [2.75, 3.05) is 30.5 Å². The lowest BCUT2D eigenvalue weighted by atomic mass is 9.91. The number of nitrogens with zero attached hydrogens (tertiary/aromatic N) is 4. The Morgan fingerprint density at radius 1 is 1.16 bits per heavy atom. The van der Waals surface area contributed by atoms with E-state index in [1.54, 1.807) is 43.3 Å². The van der Waals surface area contributed by atoms with Gasteiger partial charge in [0.2, 0.25) is 11.8 Å². The molecule has 2 aromatic carbocycles. The molecule has 0 saturated carbocycles. The molecule has 38 heavy (non-hydrogen) atoms. The highest BCUT2D eigenvalue weighted by atomic mass is 16.5. The molecule has 2 unspecified atom stereocenters. The summed E-state index contributed by atoms with van der Waals surface area (Å²) in [6.45, 7) is 3.54. The maximum atomic E-state index is 13.3. The van der Waals surface area contributed by atoms with Crippen molar-refractivity contribution in [1.82, 2.24) is 0 Å². The van der Waals surface area contributed by atoms with E-state index in [2.05, 4.69) is 15.3 Å². The zero-order valence-electron chi connectivity index (χ0n) is 21.7. The van der Waals surface area contributed by atoms with Gasteiger partial charge in [-0.05, 0) is 48.7 Å². The summed E-state index contributed by atoms with van der Waals surface area (Å²) < 4.78 is 10.3. The maximum absolute atomic E-state index is 13.3. The first-order valence-corrected chi connectivity index (χ1v) is 12.4. The largest absolute Gasteiger partial charge is 0.465 e. The number of hydrogen-bond acceptors (Lipinski definition) is 7. The number of nitrogens with one attached hydrogen (secondary N) is 1. The summed E-state index contributed by atoms with van der Waals surface area (Å²) in [7, 11) is 1.25. The first kappa shape index (κ1) is 28.2. The average molecular weight is 522 g/mol. The summed E-state index contributed by atoms with van der Waals surface area (Å²) in [5, 5.41) is 6.61. The Morgan fingerprint density at radius 3 is 2.55 bits per heavy atom. The number of amides is 2. The van der Waals surface area contributed by atoms with Crippen molar-refractivity contribution in [3.8, 4) is 0 Å². The van der Waals surface area contributed by atoms with Crippen molar-refractivity contribution in [2.24, 2.45) is 11.0 Å². The monoisotopic (exact) mass is 521 g/mol. The van der Waals surface area contributed by atoms with Gasteiger partial charge in [0.1, 0.15) is 0 Å². The minimum Gasteiger partial charge on any atom is -0.465 e. The molecule has 2 atom stereocenters. The van der Waals surface area contributed by atoms with E-state index in [1.807, 2.05) is 6.92 Å². The third-order valence-electron chi connectivity index (χ3n) is 6.74. The fourth-order valence-corrected chi connectivity index (χ4v) is 4.36. The van der Waals surface area contributed by atoms with Gasteiger partial charge in [0.15, 0.2) is 0 Å². The fourth-order valence-electron chi connectivity index (χ4n) is 4.36. The van der Waals surface area contributed by atoms with Crippen molar-refractivity contribution in [3.05, 3.63) is 70.1 Å². The van der Waals surface area contributed by atoms with Crippen LogP contribution in [0.3, 0.4) is 0 Å². The van der Waals surface area contributed by atoms with Crippen LogP contribution in [0.25, 0.3) is 10.4 Å². The number of esters is 2. The van der Waals surface area contributed by atoms with Crippen LogP contribution in [0.1, 0.15) is 60.2 Å². The Morgan fingerprint density at radius 2 is 1.89 bits per heavy atom. The van der Waals surface area contributed by atoms with Crippen LogP contribution in [0, 0.1) is 5.92 Å². The molecule has 200 valence electrons. The van der Waals surface area contributed by atoms with E-state index in [9.17, 15) is 19.2 Å². The van der Waals surface area contributed by atoms with Crippen LogP contribution in [0.2, 0.25) is 0 Å². The number of anilines is 2. The number of carbonyl (C=O) groups is 4. The van der Waals surface area contributed by atoms with Gasteiger partial charge < -0.3 is 19.7 Å². The van der Waals surface area contributed by atoms with Gasteiger partial charge in [-0.25, -0.2) is 9.59 Å². The number of rotatable bonds is 11. The zero-order chi connectivity index (χ0) is 27.7. The molecule has 1 aliphatic rings. The Labute approximate surface area is 220 Å². The zero-order valence-corrected chi connectivity index (χ0v) is 21.7. The number of ether oxygens (including phenoxy) is 2. The third-order valence-corrected chi connectivity index (χ3v) is 6.74. The summed E-state index contributed by atoms with van der Waals surface area (Å²) in [6.07, 6.45) is 1.28. The molecule has 0 radical (unpaired) electrons. The van der Waals surface area contributed by atoms with Gasteiger partial charge in [0, 0.05) is 30.2 Å². The van der Waals surface area contributed by atoms with Gasteiger partial charge in [0.25, 0.3) is 0 Å². The van der Waals surface area contributed by atoms with Crippen LogP contribution in [0.15, 0.2) is 53.6 Å². The highest BCUT2D eigenvalue weighted by Crippen LogP contribution is 2.42. The molecule has 1 heterocycles. The van der Waals surface area contributed by atoms with E-state index in [-0.39, 0.29) is 55.0 Å². The molecule has 0 aromatic heterocycles. The Hall–Kier alpha value is -4.37. The number of azide groups is 1. The molecule has 0 aliphatic carbocycles. The summed E-state index contributed by atoms with van der Waals surface area (Å²) in [5.41, 5.74) is 9.25. The second-order valence-electron chi connectivity index (χ2n) is 9.12. The summed E-state index contributed by atoms with van der Waals surface area (Å²) >= 11 is 0. The predicted molar refractivity (Wildman–Crippen MR) is 141 cm³/mol. The maximum Gasteiger partial charge on any atom is 0.338 e. The average Bonchev–Trinajstić information content (AvgIpc) is 3.26. The number of hydrogen-bond donors (Lipinski definition) is 1. The quantitative estimate of drug-likeness (QED) is 0.193. The van der Waals surface area contributed by atoms with Crippen LogP contribution in [0.5, 0.6) is 0 Å². The summed E-state index contributed by atoms with van der Waals surface area (Å²) in [6, 6.07) is 13.0. The van der Waals surface area contributed by atoms with Crippen LogP contribution < -0.4 is 10.2 Å². The summed E-state index contributed by atoms with van der Waals surface area (Å²) in [5.74, 6) is -1.96. The molecule has 11 nitrogen and oxygen atoms in total. The van der Waals surface area contributed by atoms with E-state index in [0.29, 0.717) is 24.1 Å². The molecule has 2 amide bonds. The second-order valence-corrected chi connectivity index (χ2v) is 9.12. The number of methoxy groups -OCH3 is 1. The Kier molecular flexibility index (Phi) is 9.45. The van der Waals surface area contributed by atoms with Crippen molar-refractivity contribution >= 4 is 35.1 Å². The molecule has 11 heteroatoms. The molecule has 1 N–H and O–H groups in total. The molecule has 1 aliphatic heterocycles. The number of benzene rings is 2. The lowest BCUT2D eigenvalue weighted by Gasteiger charge is -2.38. The molecule has 3 rings (SSSR count). The van der Waals surface area contributed by atoms with E-state index >= 15 is 0 Å². The normalized spacial score (nSPS) is 17.3. The van der Waals surface area contributed by atoms with Crippen LogP contribution >= 0.6 is 0 Å². The second kappa shape index (κ2) is 12.7. The van der Waals surface area contributed by atoms with Crippen LogP contribution in [-0.2, 0) is 19.1 Å². The fraction of sp³-hybridized carbons (Fsp3) is 0.407. The van der Waals surface area contributed by atoms with Gasteiger partial charge in [-0.3, -0.25) is 9.59 Å². The van der Waals surface area contributed by atoms with Crippen molar-refractivity contribution < 1.29 is 28.7 Å². The Bertz CT molecular complexity index is 1240. The van der Waals surface area contributed by atoms with Crippen LogP contribution in [-0.4, -0.2) is 49.6 Å². The van der Waals surface area contributed by atoms with E-state index in [1.165, 1.54) is 24.1 Å². The smallest absolute Gasteiger partial charge is 0.338 e. The number of carbonyl (C=O) groups excluding carboxylic acids is 4. The lowest BCUT2D eigenvalue weighted by molar-refractivity contribution is -0.119. The lowest BCUT2D eigenvalue weighted by Crippen LogP contribution is -2.49. The van der Waals surface area contributed by atoms with E-state index < -0.39 is 17.5 Å². The van der Waals surface area contributed by atoms with E-state index in [4.69, 9.17) is 15.0 Å². The van der Waals surface area contributed by atoms with Gasteiger partial charge in [-0.15, -0.1) is 0 Å². The summed E-state index contributed by atoms with van der Waals surface area (Å²) in [4.78, 5) is 55.1. The van der Waals surface area contributed by atoms with Crippen molar-refractivity contribution in [2.45, 2.75) is 45.1 Å². The topological polar surface area (TPSA) is 151 Å². The van der Waals surface area contributed by atoms with Gasteiger partial charge >= 0.3 is 11.9 Å². The van der Waals surface area contributed by atoms with Gasteiger partial charge in [-0.1, -0.05) is 37.2 Å². The molecule has 1 saturated heterocycles. The third kappa shape index (κ3) is 6.30. The minimum absolute atomic E-state index is 0.0345. The molecule has 2 aromatic rings. The highest BCUT2D eigenvalue weighted by Gasteiger charge is 2.46. The highest BCUT2D eigenvalue weighted by molar-refractivity contribution is 6.05. The van der Waals surface area contributed by atoms with Gasteiger partial charge in [-0.2, -0.15) is 0 Å².